The Labute approximate surface area is 113 Å². The van der Waals surface area contributed by atoms with Gasteiger partial charge in [0.05, 0.1) is 0 Å². The van der Waals surface area contributed by atoms with E-state index in [1.54, 1.807) is 0 Å². The summed E-state index contributed by atoms with van der Waals surface area (Å²) in [4.78, 5) is 0. The van der Waals surface area contributed by atoms with Gasteiger partial charge in [-0.1, -0.05) is 42.5 Å². The molecule has 0 aromatic heterocycles. The van der Waals surface area contributed by atoms with Gasteiger partial charge in [0, 0.05) is 25.2 Å². The number of nitrogens with one attached hydrogen (secondary N) is 1. The Bertz CT molecular complexity index is 564. The third-order valence-corrected chi connectivity index (χ3v) is 3.94. The van der Waals surface area contributed by atoms with Crippen LogP contribution in [0.15, 0.2) is 42.5 Å². The summed E-state index contributed by atoms with van der Waals surface area (Å²) < 4.78 is 0. The number of hydrogen-bond donors (Lipinski definition) is 2. The molecule has 2 aromatic rings. The Morgan fingerprint density at radius 2 is 2.00 bits per heavy atom. The van der Waals surface area contributed by atoms with Crippen molar-refractivity contribution in [3.05, 3.63) is 48.0 Å². The molecular weight excluding hydrogens is 236 g/mol. The first-order chi connectivity index (χ1) is 9.24. The summed E-state index contributed by atoms with van der Waals surface area (Å²) in [5.41, 5.74) is 1.33. The summed E-state index contributed by atoms with van der Waals surface area (Å²) in [7, 11) is 0. The molecule has 3 rings (SSSR count). The van der Waals surface area contributed by atoms with Gasteiger partial charge in [-0.05, 0) is 29.7 Å². The van der Waals surface area contributed by atoms with E-state index in [9.17, 15) is 5.21 Å². The van der Waals surface area contributed by atoms with E-state index in [1.807, 2.05) is 0 Å². The maximum atomic E-state index is 9.45. The van der Waals surface area contributed by atoms with E-state index >= 15 is 0 Å². The molecule has 2 atom stereocenters. The Hall–Kier alpha value is -1.42. The highest BCUT2D eigenvalue weighted by Crippen LogP contribution is 2.25. The minimum absolute atomic E-state index is 0.294. The number of benzene rings is 2. The Morgan fingerprint density at radius 1 is 1.21 bits per heavy atom. The minimum Gasteiger partial charge on any atom is -0.314 e. The van der Waals surface area contributed by atoms with Gasteiger partial charge in [0.15, 0.2) is 0 Å². The highest BCUT2D eigenvalue weighted by molar-refractivity contribution is 5.86. The van der Waals surface area contributed by atoms with Crippen LogP contribution >= 0.6 is 0 Å². The summed E-state index contributed by atoms with van der Waals surface area (Å²) in [6.07, 6.45) is 1.01. The van der Waals surface area contributed by atoms with Crippen molar-refractivity contribution in [1.82, 2.24) is 10.4 Å². The van der Waals surface area contributed by atoms with E-state index in [2.05, 4.69) is 54.7 Å². The van der Waals surface area contributed by atoms with Crippen molar-refractivity contribution in [2.24, 2.45) is 0 Å². The molecule has 2 aromatic carbocycles. The Balaban J connectivity index is 1.83. The standard InChI is InChI=1S/C16H20N2O/c1-12(17-14-9-10-18(19)11-14)15-8-4-6-13-5-2-3-7-16(13)15/h2-8,12,14,17,19H,9-11H2,1H3/t12-,14+/m1/s1. The molecule has 0 radical (unpaired) electrons. The van der Waals surface area contributed by atoms with E-state index in [1.165, 1.54) is 21.4 Å². The molecule has 0 unspecified atom stereocenters. The topological polar surface area (TPSA) is 35.5 Å². The fraction of sp³-hybridized carbons (Fsp3) is 0.375. The fourth-order valence-electron chi connectivity index (χ4n) is 2.95. The Kier molecular flexibility index (Phi) is 3.51. The van der Waals surface area contributed by atoms with E-state index in [0.29, 0.717) is 12.1 Å². The lowest BCUT2D eigenvalue weighted by Gasteiger charge is -2.21. The molecule has 1 aliphatic heterocycles. The smallest absolute Gasteiger partial charge is 0.0392 e. The molecule has 2 N–H and O–H groups in total. The largest absolute Gasteiger partial charge is 0.314 e. The van der Waals surface area contributed by atoms with Gasteiger partial charge in [0.1, 0.15) is 0 Å². The predicted molar refractivity (Wildman–Crippen MR) is 77.3 cm³/mol. The highest BCUT2D eigenvalue weighted by Gasteiger charge is 2.22. The van der Waals surface area contributed by atoms with Gasteiger partial charge in [-0.25, -0.2) is 0 Å². The van der Waals surface area contributed by atoms with Crippen molar-refractivity contribution in [3.8, 4) is 0 Å². The zero-order valence-corrected chi connectivity index (χ0v) is 11.2. The van der Waals surface area contributed by atoms with Gasteiger partial charge < -0.3 is 10.5 Å². The lowest BCUT2D eigenvalue weighted by molar-refractivity contribution is -0.0698. The molecule has 1 aliphatic rings. The Morgan fingerprint density at radius 3 is 2.79 bits per heavy atom. The molecular formula is C16H20N2O. The molecule has 3 nitrogen and oxygen atoms in total. The second kappa shape index (κ2) is 5.29. The number of nitrogens with zero attached hydrogens (tertiary/aromatic N) is 1. The van der Waals surface area contributed by atoms with Gasteiger partial charge in [0.2, 0.25) is 0 Å². The molecule has 1 heterocycles. The molecule has 0 aliphatic carbocycles. The lowest BCUT2D eigenvalue weighted by atomic mass is 9.99. The number of hydroxylamine groups is 2. The van der Waals surface area contributed by atoms with Crippen LogP contribution in [0.1, 0.15) is 24.9 Å². The molecule has 0 saturated carbocycles. The SMILES string of the molecule is C[C@@H](N[C@H]1CCN(O)C1)c1cccc2ccccc12. The third kappa shape index (κ3) is 2.63. The van der Waals surface area contributed by atoms with Gasteiger partial charge >= 0.3 is 0 Å². The van der Waals surface area contributed by atoms with Crippen LogP contribution in [0.25, 0.3) is 10.8 Å². The van der Waals surface area contributed by atoms with Crippen LogP contribution in [0, 0.1) is 0 Å². The van der Waals surface area contributed by atoms with Crippen LogP contribution in [0.5, 0.6) is 0 Å². The zero-order chi connectivity index (χ0) is 13.2. The first-order valence-electron chi connectivity index (χ1n) is 6.91. The van der Waals surface area contributed by atoms with Gasteiger partial charge in [-0.15, -0.1) is 0 Å². The molecule has 0 amide bonds. The summed E-state index contributed by atoms with van der Waals surface area (Å²) >= 11 is 0. The monoisotopic (exact) mass is 256 g/mol. The molecule has 1 saturated heterocycles. The molecule has 100 valence electrons. The van der Waals surface area contributed by atoms with Gasteiger partial charge in [0.25, 0.3) is 0 Å². The molecule has 1 fully saturated rings. The van der Waals surface area contributed by atoms with E-state index in [-0.39, 0.29) is 0 Å². The van der Waals surface area contributed by atoms with Crippen LogP contribution in [-0.4, -0.2) is 29.4 Å². The van der Waals surface area contributed by atoms with Crippen LogP contribution in [0.4, 0.5) is 0 Å². The summed E-state index contributed by atoms with van der Waals surface area (Å²) in [6, 6.07) is 15.6. The second-order valence-corrected chi connectivity index (χ2v) is 5.35. The first-order valence-corrected chi connectivity index (χ1v) is 6.91. The maximum absolute atomic E-state index is 9.45. The maximum Gasteiger partial charge on any atom is 0.0392 e. The summed E-state index contributed by atoms with van der Waals surface area (Å²) in [5, 5.41) is 17.1. The fourth-order valence-corrected chi connectivity index (χ4v) is 2.95. The average Bonchev–Trinajstić information content (AvgIpc) is 2.83. The number of fused-ring (bicyclic) bond motifs is 1. The van der Waals surface area contributed by atoms with E-state index < -0.39 is 0 Å². The predicted octanol–water partition coefficient (Wildman–Crippen LogP) is 2.95. The van der Waals surface area contributed by atoms with Crippen molar-refractivity contribution in [2.45, 2.75) is 25.4 Å². The molecule has 3 heteroatoms. The van der Waals surface area contributed by atoms with Gasteiger partial charge in [-0.2, -0.15) is 5.06 Å². The van der Waals surface area contributed by atoms with Crippen molar-refractivity contribution in [3.63, 3.8) is 0 Å². The normalized spacial score (nSPS) is 21.9. The van der Waals surface area contributed by atoms with Crippen molar-refractivity contribution in [1.29, 1.82) is 0 Å². The van der Waals surface area contributed by atoms with Crippen LogP contribution in [-0.2, 0) is 0 Å². The van der Waals surface area contributed by atoms with Crippen LogP contribution < -0.4 is 5.32 Å². The minimum atomic E-state index is 0.294. The van der Waals surface area contributed by atoms with Crippen LogP contribution in [0.2, 0.25) is 0 Å². The third-order valence-electron chi connectivity index (χ3n) is 3.94. The summed E-state index contributed by atoms with van der Waals surface area (Å²) in [5.74, 6) is 0. The average molecular weight is 256 g/mol. The second-order valence-electron chi connectivity index (χ2n) is 5.35. The number of rotatable bonds is 3. The first kappa shape index (κ1) is 12.6. The number of hydrogen-bond acceptors (Lipinski definition) is 3. The van der Waals surface area contributed by atoms with Crippen molar-refractivity contribution < 1.29 is 5.21 Å². The van der Waals surface area contributed by atoms with Gasteiger partial charge in [-0.3, -0.25) is 0 Å². The highest BCUT2D eigenvalue weighted by atomic mass is 16.5. The molecule has 0 spiro atoms. The van der Waals surface area contributed by atoms with Crippen LogP contribution in [0.3, 0.4) is 0 Å². The molecule has 0 bridgehead atoms. The molecule has 19 heavy (non-hydrogen) atoms. The van der Waals surface area contributed by atoms with Crippen molar-refractivity contribution in [2.75, 3.05) is 13.1 Å². The summed E-state index contributed by atoms with van der Waals surface area (Å²) in [6.45, 7) is 3.68. The van der Waals surface area contributed by atoms with Crippen molar-refractivity contribution >= 4 is 10.8 Å². The van der Waals surface area contributed by atoms with E-state index in [0.717, 1.165) is 19.5 Å². The lowest BCUT2D eigenvalue weighted by Crippen LogP contribution is -2.33. The zero-order valence-electron chi connectivity index (χ0n) is 11.2. The quantitative estimate of drug-likeness (QED) is 0.886. The van der Waals surface area contributed by atoms with E-state index in [4.69, 9.17) is 0 Å².